The van der Waals surface area contributed by atoms with E-state index in [-0.39, 0.29) is 17.4 Å². The Kier molecular flexibility index (Phi) is 14.3. The number of carbonyl (C=O) groups excluding carboxylic acids is 2. The van der Waals surface area contributed by atoms with Crippen molar-refractivity contribution in [1.82, 2.24) is 0 Å². The zero-order valence-corrected chi connectivity index (χ0v) is 20.8. The van der Waals surface area contributed by atoms with E-state index in [1.807, 2.05) is 0 Å². The van der Waals surface area contributed by atoms with Gasteiger partial charge in [-0.1, -0.05) is 102 Å². The van der Waals surface area contributed by atoms with Gasteiger partial charge in [0.05, 0.1) is 11.6 Å². The van der Waals surface area contributed by atoms with Crippen molar-refractivity contribution < 1.29 is 23.5 Å². The zero-order valence-electron chi connectivity index (χ0n) is 20.0. The maximum atomic E-state index is 13.8. The highest BCUT2D eigenvalue weighted by atomic mass is 35.5. The minimum absolute atomic E-state index is 0.0329. The van der Waals surface area contributed by atoms with E-state index in [1.165, 1.54) is 90.2 Å². The first-order valence-corrected chi connectivity index (χ1v) is 12.5. The Morgan fingerprint density at radius 1 is 0.844 bits per heavy atom. The summed E-state index contributed by atoms with van der Waals surface area (Å²) in [6.07, 6.45) is 16.1. The number of unbranched alkanes of at least 4 members (excludes halogenated alkanes) is 12. The van der Waals surface area contributed by atoms with Crippen LogP contribution in [0.3, 0.4) is 0 Å². The molecule has 182 valence electrons. The Hall–Kier alpha value is -1.62. The lowest BCUT2D eigenvalue weighted by Crippen LogP contribution is -2.38. The molecule has 4 nitrogen and oxygen atoms in total. The second kappa shape index (κ2) is 16.1. The minimum atomic E-state index is -1.55. The van der Waals surface area contributed by atoms with E-state index in [2.05, 4.69) is 6.92 Å². The average Bonchev–Trinajstić information content (AvgIpc) is 2.76. The van der Waals surface area contributed by atoms with Crippen LogP contribution in [0.5, 0.6) is 5.75 Å². The fourth-order valence-corrected chi connectivity index (χ4v) is 3.55. The summed E-state index contributed by atoms with van der Waals surface area (Å²) in [6, 6.07) is 3.95. The standard InChI is InChI=1S/C26H40ClFO4/c1-4-5-6-7-8-9-10-11-12-13-14-15-16-20-31-24(29)26(2,3)25(30)32-23-21(27)18-17-19-22(23)28/h17-19H,4-16,20H2,1-3H3. The molecule has 0 fully saturated rings. The first-order chi connectivity index (χ1) is 15.3. The predicted molar refractivity (Wildman–Crippen MR) is 127 cm³/mol. The molecule has 0 amide bonds. The second-order valence-electron chi connectivity index (χ2n) is 8.94. The van der Waals surface area contributed by atoms with E-state index < -0.39 is 23.2 Å². The molecule has 0 saturated heterocycles. The van der Waals surface area contributed by atoms with Gasteiger partial charge in [0.15, 0.2) is 17.0 Å². The molecule has 0 aliphatic heterocycles. The van der Waals surface area contributed by atoms with Gasteiger partial charge in [-0.25, -0.2) is 4.39 Å². The van der Waals surface area contributed by atoms with Crippen LogP contribution >= 0.6 is 11.6 Å². The Morgan fingerprint density at radius 3 is 1.84 bits per heavy atom. The molecule has 1 aromatic carbocycles. The van der Waals surface area contributed by atoms with Crippen LogP contribution in [0.2, 0.25) is 5.02 Å². The molecule has 0 N–H and O–H groups in total. The molecule has 0 unspecified atom stereocenters. The first-order valence-electron chi connectivity index (χ1n) is 12.1. The molecule has 0 spiro atoms. The first kappa shape index (κ1) is 28.4. The quantitative estimate of drug-likeness (QED) is 0.0999. The lowest BCUT2D eigenvalue weighted by Gasteiger charge is -2.21. The van der Waals surface area contributed by atoms with Crippen LogP contribution in [0.25, 0.3) is 0 Å². The molecule has 0 aromatic heterocycles. The third-order valence-corrected chi connectivity index (χ3v) is 5.91. The summed E-state index contributed by atoms with van der Waals surface area (Å²) in [5, 5.41) is -0.0329. The van der Waals surface area contributed by atoms with Crippen molar-refractivity contribution in [1.29, 1.82) is 0 Å². The number of ether oxygens (including phenoxy) is 2. The number of halogens is 2. The second-order valence-corrected chi connectivity index (χ2v) is 9.35. The van der Waals surface area contributed by atoms with Gasteiger partial charge in [0.2, 0.25) is 0 Å². The van der Waals surface area contributed by atoms with Gasteiger partial charge in [-0.3, -0.25) is 9.59 Å². The van der Waals surface area contributed by atoms with Gasteiger partial charge < -0.3 is 9.47 Å². The summed E-state index contributed by atoms with van der Waals surface area (Å²) >= 11 is 5.87. The van der Waals surface area contributed by atoms with Crippen LogP contribution in [-0.2, 0) is 14.3 Å². The molecule has 1 aromatic rings. The lowest BCUT2D eigenvalue weighted by molar-refractivity contribution is -0.164. The molecule has 0 heterocycles. The molecule has 1 rings (SSSR count). The van der Waals surface area contributed by atoms with Crippen LogP contribution in [0.15, 0.2) is 18.2 Å². The van der Waals surface area contributed by atoms with Crippen molar-refractivity contribution in [3.8, 4) is 5.75 Å². The molecule has 0 atom stereocenters. The number of carbonyl (C=O) groups is 2. The van der Waals surface area contributed by atoms with Gasteiger partial charge >= 0.3 is 11.9 Å². The Bertz CT molecular complexity index is 670. The van der Waals surface area contributed by atoms with Crippen molar-refractivity contribution in [3.05, 3.63) is 29.0 Å². The molecular weight excluding hydrogens is 431 g/mol. The van der Waals surface area contributed by atoms with E-state index in [1.54, 1.807) is 0 Å². The highest BCUT2D eigenvalue weighted by Gasteiger charge is 2.40. The average molecular weight is 471 g/mol. The fraction of sp³-hybridized carbons (Fsp3) is 0.692. The molecule has 32 heavy (non-hydrogen) atoms. The van der Waals surface area contributed by atoms with Crippen LogP contribution in [0.1, 0.15) is 104 Å². The number of rotatable bonds is 17. The molecule has 6 heteroatoms. The molecule has 0 bridgehead atoms. The fourth-order valence-electron chi connectivity index (χ4n) is 3.35. The summed E-state index contributed by atoms with van der Waals surface area (Å²) < 4.78 is 24.1. The Labute approximate surface area is 198 Å². The normalized spacial score (nSPS) is 11.4. The predicted octanol–water partition coefficient (Wildman–Crippen LogP) is 8.05. The van der Waals surface area contributed by atoms with Crippen molar-refractivity contribution >= 4 is 23.5 Å². The number of para-hydroxylation sites is 1. The van der Waals surface area contributed by atoms with Crippen LogP contribution in [-0.4, -0.2) is 18.5 Å². The van der Waals surface area contributed by atoms with Gasteiger partial charge in [-0.05, 0) is 32.4 Å². The van der Waals surface area contributed by atoms with E-state index >= 15 is 0 Å². The Morgan fingerprint density at radius 2 is 1.34 bits per heavy atom. The highest BCUT2D eigenvalue weighted by molar-refractivity contribution is 6.32. The van der Waals surface area contributed by atoms with Gasteiger partial charge in [0, 0.05) is 0 Å². The third-order valence-electron chi connectivity index (χ3n) is 5.62. The Balaban J connectivity index is 2.13. The monoisotopic (exact) mass is 470 g/mol. The van der Waals surface area contributed by atoms with Crippen molar-refractivity contribution in [2.24, 2.45) is 5.41 Å². The molecule has 0 aliphatic carbocycles. The van der Waals surface area contributed by atoms with Gasteiger partial charge in [0.25, 0.3) is 0 Å². The summed E-state index contributed by atoms with van der Waals surface area (Å²) in [5.41, 5.74) is -1.55. The van der Waals surface area contributed by atoms with E-state index in [0.717, 1.165) is 25.3 Å². The van der Waals surface area contributed by atoms with Crippen molar-refractivity contribution in [2.45, 2.75) is 104 Å². The van der Waals surface area contributed by atoms with Gasteiger partial charge in [-0.2, -0.15) is 0 Å². The number of hydrogen-bond acceptors (Lipinski definition) is 4. The van der Waals surface area contributed by atoms with E-state index in [0.29, 0.717) is 0 Å². The summed E-state index contributed by atoms with van der Waals surface area (Å²) in [7, 11) is 0. The van der Waals surface area contributed by atoms with Gasteiger partial charge in [-0.15, -0.1) is 0 Å². The molecule has 0 aliphatic rings. The molecule has 0 saturated carbocycles. The summed E-state index contributed by atoms with van der Waals surface area (Å²) in [5.74, 6) is -2.73. The van der Waals surface area contributed by atoms with Gasteiger partial charge in [0.1, 0.15) is 0 Å². The van der Waals surface area contributed by atoms with Crippen LogP contribution in [0, 0.1) is 11.2 Å². The number of hydrogen-bond donors (Lipinski definition) is 0. The molecular formula is C26H40ClFO4. The van der Waals surface area contributed by atoms with Crippen LogP contribution in [0.4, 0.5) is 4.39 Å². The largest absolute Gasteiger partial charge is 0.465 e. The number of esters is 2. The minimum Gasteiger partial charge on any atom is -0.465 e. The maximum absolute atomic E-state index is 13.8. The van der Waals surface area contributed by atoms with Crippen molar-refractivity contribution in [2.75, 3.05) is 6.61 Å². The smallest absolute Gasteiger partial charge is 0.328 e. The topological polar surface area (TPSA) is 52.6 Å². The maximum Gasteiger partial charge on any atom is 0.328 e. The molecule has 0 radical (unpaired) electrons. The SMILES string of the molecule is CCCCCCCCCCCCCCCOC(=O)C(C)(C)C(=O)Oc1c(F)cccc1Cl. The lowest BCUT2D eigenvalue weighted by atomic mass is 9.94. The number of benzene rings is 1. The van der Waals surface area contributed by atoms with E-state index in [9.17, 15) is 14.0 Å². The zero-order chi connectivity index (χ0) is 23.8. The summed E-state index contributed by atoms with van der Waals surface area (Å²) in [6.45, 7) is 5.30. The highest BCUT2D eigenvalue weighted by Crippen LogP contribution is 2.30. The third kappa shape index (κ3) is 10.8. The van der Waals surface area contributed by atoms with E-state index in [4.69, 9.17) is 21.1 Å². The van der Waals surface area contributed by atoms with Crippen LogP contribution < -0.4 is 4.74 Å². The van der Waals surface area contributed by atoms with Crippen molar-refractivity contribution in [3.63, 3.8) is 0 Å². The summed E-state index contributed by atoms with van der Waals surface area (Å²) in [4.78, 5) is 24.7.